The first-order chi connectivity index (χ1) is 10.9. The van der Waals surface area contributed by atoms with Gasteiger partial charge in [0, 0.05) is 52.4 Å². The lowest BCUT2D eigenvalue weighted by molar-refractivity contribution is -0.127. The zero-order valence-corrected chi connectivity index (χ0v) is 17.5. The van der Waals surface area contributed by atoms with E-state index in [9.17, 15) is 4.79 Å². The summed E-state index contributed by atoms with van der Waals surface area (Å²) >= 11 is 0. The van der Waals surface area contributed by atoms with Crippen molar-refractivity contribution < 1.29 is 4.79 Å². The van der Waals surface area contributed by atoms with Gasteiger partial charge in [-0.15, -0.1) is 24.0 Å². The molecule has 8 heteroatoms. The molecule has 1 N–H and O–H groups in total. The van der Waals surface area contributed by atoms with Crippen LogP contribution in [-0.2, 0) is 11.8 Å². The van der Waals surface area contributed by atoms with Gasteiger partial charge >= 0.3 is 0 Å². The third-order valence-corrected chi connectivity index (χ3v) is 3.96. The SMILES string of the molecule is CC(C)NC(=NCC(=O)N(C)C)N1CCC(c2cnn(C)c2)C1.I. The Labute approximate surface area is 161 Å². The number of guanidine groups is 1. The summed E-state index contributed by atoms with van der Waals surface area (Å²) in [5.41, 5.74) is 1.27. The summed E-state index contributed by atoms with van der Waals surface area (Å²) in [7, 11) is 5.44. The second-order valence-electron chi connectivity index (χ2n) is 6.61. The summed E-state index contributed by atoms with van der Waals surface area (Å²) in [5, 5.41) is 7.64. The highest BCUT2D eigenvalue weighted by atomic mass is 127. The van der Waals surface area contributed by atoms with Gasteiger partial charge in [-0.1, -0.05) is 0 Å². The van der Waals surface area contributed by atoms with E-state index in [1.165, 1.54) is 5.56 Å². The lowest BCUT2D eigenvalue weighted by Gasteiger charge is -2.24. The molecule has 0 bridgehead atoms. The molecule has 0 spiro atoms. The van der Waals surface area contributed by atoms with Crippen molar-refractivity contribution in [3.63, 3.8) is 0 Å². The fourth-order valence-corrected chi connectivity index (χ4v) is 2.65. The number of halogens is 1. The van der Waals surface area contributed by atoms with Crippen LogP contribution >= 0.6 is 24.0 Å². The summed E-state index contributed by atoms with van der Waals surface area (Å²) in [4.78, 5) is 20.1. The lowest BCUT2D eigenvalue weighted by Crippen LogP contribution is -2.43. The summed E-state index contributed by atoms with van der Waals surface area (Å²) in [6.07, 6.45) is 5.10. The predicted octanol–water partition coefficient (Wildman–Crippen LogP) is 1.27. The maximum atomic E-state index is 11.8. The molecule has 0 aliphatic carbocycles. The number of rotatable bonds is 4. The van der Waals surface area contributed by atoms with Crippen molar-refractivity contribution in [3.05, 3.63) is 18.0 Å². The first-order valence-corrected chi connectivity index (χ1v) is 8.11. The molecule has 136 valence electrons. The molecule has 24 heavy (non-hydrogen) atoms. The summed E-state index contributed by atoms with van der Waals surface area (Å²) in [6.45, 7) is 6.18. The third-order valence-electron chi connectivity index (χ3n) is 3.96. The molecular weight excluding hydrogens is 419 g/mol. The van der Waals surface area contributed by atoms with E-state index in [-0.39, 0.29) is 42.5 Å². The van der Waals surface area contributed by atoms with Gasteiger partial charge in [0.15, 0.2) is 5.96 Å². The Morgan fingerprint density at radius 1 is 1.50 bits per heavy atom. The highest BCUT2D eigenvalue weighted by molar-refractivity contribution is 14.0. The number of aryl methyl sites for hydroxylation is 1. The van der Waals surface area contributed by atoms with E-state index in [1.807, 2.05) is 17.9 Å². The minimum Gasteiger partial charge on any atom is -0.354 e. The molecule has 2 rings (SSSR count). The Morgan fingerprint density at radius 3 is 2.75 bits per heavy atom. The molecular formula is C16H29IN6O. The number of hydrogen-bond donors (Lipinski definition) is 1. The molecule has 1 atom stereocenters. The second kappa shape index (κ2) is 9.24. The van der Waals surface area contributed by atoms with Crippen LogP contribution in [0.25, 0.3) is 0 Å². The van der Waals surface area contributed by atoms with Crippen LogP contribution in [0.5, 0.6) is 0 Å². The van der Waals surface area contributed by atoms with E-state index in [0.717, 1.165) is 25.5 Å². The van der Waals surface area contributed by atoms with E-state index in [1.54, 1.807) is 19.0 Å². The predicted molar refractivity (Wildman–Crippen MR) is 107 cm³/mol. The molecule has 1 aromatic heterocycles. The van der Waals surface area contributed by atoms with E-state index < -0.39 is 0 Å². The lowest BCUT2D eigenvalue weighted by atomic mass is 10.0. The maximum Gasteiger partial charge on any atom is 0.243 e. The Balaban J connectivity index is 0.00000288. The number of aliphatic imine (C=N–C) groups is 1. The molecule has 1 saturated heterocycles. The van der Waals surface area contributed by atoms with Crippen LogP contribution in [0, 0.1) is 0 Å². The van der Waals surface area contributed by atoms with Gasteiger partial charge in [-0.2, -0.15) is 5.10 Å². The molecule has 0 saturated carbocycles. The van der Waals surface area contributed by atoms with E-state index in [2.05, 4.69) is 40.4 Å². The van der Waals surface area contributed by atoms with E-state index >= 15 is 0 Å². The number of amides is 1. The van der Waals surface area contributed by atoms with Gasteiger partial charge in [0.2, 0.25) is 5.91 Å². The molecule has 0 aromatic carbocycles. The van der Waals surface area contributed by atoms with Gasteiger partial charge in [-0.05, 0) is 25.8 Å². The molecule has 1 amide bonds. The van der Waals surface area contributed by atoms with Gasteiger partial charge in [0.25, 0.3) is 0 Å². The van der Waals surface area contributed by atoms with Crippen LogP contribution in [0.3, 0.4) is 0 Å². The summed E-state index contributed by atoms with van der Waals surface area (Å²) < 4.78 is 1.84. The summed E-state index contributed by atoms with van der Waals surface area (Å²) in [6, 6.07) is 0.278. The molecule has 1 fully saturated rings. The van der Waals surface area contributed by atoms with Crippen molar-refractivity contribution in [2.24, 2.45) is 12.0 Å². The van der Waals surface area contributed by atoms with Crippen molar-refractivity contribution in [1.82, 2.24) is 24.9 Å². The van der Waals surface area contributed by atoms with Crippen LogP contribution in [0.4, 0.5) is 0 Å². The topological polar surface area (TPSA) is 65.8 Å². The fourth-order valence-electron chi connectivity index (χ4n) is 2.65. The average Bonchev–Trinajstić information content (AvgIpc) is 3.11. The van der Waals surface area contributed by atoms with Gasteiger partial charge in [-0.3, -0.25) is 9.48 Å². The minimum absolute atomic E-state index is 0. The molecule has 2 heterocycles. The molecule has 1 aliphatic heterocycles. The van der Waals surface area contributed by atoms with Crippen molar-refractivity contribution in [2.75, 3.05) is 33.7 Å². The number of nitrogens with zero attached hydrogens (tertiary/aromatic N) is 5. The van der Waals surface area contributed by atoms with Crippen LogP contribution in [0.15, 0.2) is 17.4 Å². The normalized spacial score (nSPS) is 17.8. The van der Waals surface area contributed by atoms with Crippen molar-refractivity contribution in [1.29, 1.82) is 0 Å². The number of likely N-dealkylation sites (tertiary alicyclic amines) is 1. The van der Waals surface area contributed by atoms with Crippen molar-refractivity contribution in [3.8, 4) is 0 Å². The standard InChI is InChI=1S/C16H28N6O.HI/c1-12(2)19-16(17-9-15(23)20(3)4)22-7-6-13(11-22)14-8-18-21(5)10-14;/h8,10,12-13H,6-7,9,11H2,1-5H3,(H,17,19);1H. The number of hydrogen-bond acceptors (Lipinski definition) is 3. The molecule has 1 aromatic rings. The van der Waals surface area contributed by atoms with Gasteiger partial charge in [0.1, 0.15) is 6.54 Å². The number of carbonyl (C=O) groups excluding carboxylic acids is 1. The largest absolute Gasteiger partial charge is 0.354 e. The van der Waals surface area contributed by atoms with Crippen LogP contribution in [-0.4, -0.2) is 71.2 Å². The van der Waals surface area contributed by atoms with E-state index in [4.69, 9.17) is 0 Å². The number of carbonyl (C=O) groups is 1. The number of likely N-dealkylation sites (N-methyl/N-ethyl adjacent to an activating group) is 1. The monoisotopic (exact) mass is 448 g/mol. The zero-order valence-electron chi connectivity index (χ0n) is 15.2. The molecule has 7 nitrogen and oxygen atoms in total. The van der Waals surface area contributed by atoms with Gasteiger partial charge in [0.05, 0.1) is 6.20 Å². The molecule has 1 unspecified atom stereocenters. The fraction of sp³-hybridized carbons (Fsp3) is 0.688. The Hall–Kier alpha value is -1.32. The highest BCUT2D eigenvalue weighted by Gasteiger charge is 2.27. The van der Waals surface area contributed by atoms with Crippen molar-refractivity contribution in [2.45, 2.75) is 32.2 Å². The zero-order chi connectivity index (χ0) is 17.0. The molecule has 0 radical (unpaired) electrons. The molecule has 1 aliphatic rings. The highest BCUT2D eigenvalue weighted by Crippen LogP contribution is 2.26. The Morgan fingerprint density at radius 2 is 2.21 bits per heavy atom. The smallest absolute Gasteiger partial charge is 0.243 e. The van der Waals surface area contributed by atoms with Gasteiger partial charge in [-0.25, -0.2) is 4.99 Å². The number of nitrogens with one attached hydrogen (secondary N) is 1. The first kappa shape index (κ1) is 20.7. The number of aromatic nitrogens is 2. The maximum absolute atomic E-state index is 11.8. The average molecular weight is 448 g/mol. The van der Waals surface area contributed by atoms with Crippen molar-refractivity contribution >= 4 is 35.8 Å². The van der Waals surface area contributed by atoms with E-state index in [0.29, 0.717) is 5.92 Å². The second-order valence-corrected chi connectivity index (χ2v) is 6.61. The Bertz CT molecular complexity index is 569. The summed E-state index contributed by atoms with van der Waals surface area (Å²) in [5.74, 6) is 1.30. The quantitative estimate of drug-likeness (QED) is 0.428. The van der Waals surface area contributed by atoms with Crippen LogP contribution in [0.1, 0.15) is 31.7 Å². The first-order valence-electron chi connectivity index (χ1n) is 8.11. The third kappa shape index (κ3) is 5.64. The Kier molecular flexibility index (Phi) is 7.98. The van der Waals surface area contributed by atoms with Gasteiger partial charge < -0.3 is 15.1 Å². The van der Waals surface area contributed by atoms with Crippen LogP contribution < -0.4 is 5.32 Å². The van der Waals surface area contributed by atoms with Crippen LogP contribution in [0.2, 0.25) is 0 Å². The minimum atomic E-state index is 0.